The number of aryl methyl sites for hydroxylation is 1. The molecule has 0 radical (unpaired) electrons. The molecule has 1 aromatic carbocycles. The quantitative estimate of drug-likeness (QED) is 0.698. The summed E-state index contributed by atoms with van der Waals surface area (Å²) in [5.41, 5.74) is 4.52. The summed E-state index contributed by atoms with van der Waals surface area (Å²) in [7, 11) is 0. The average Bonchev–Trinajstić information content (AvgIpc) is 3.05. The van der Waals surface area contributed by atoms with Crippen LogP contribution >= 0.6 is 0 Å². The van der Waals surface area contributed by atoms with Crippen molar-refractivity contribution in [3.8, 4) is 0 Å². The molecular formula is C21H23N5O3. The normalized spacial score (nSPS) is 31.5. The molecule has 5 rings (SSSR count). The minimum atomic E-state index is -0.380. The Morgan fingerprint density at radius 3 is 2.69 bits per heavy atom. The maximum atomic E-state index is 13.3. The van der Waals surface area contributed by atoms with Crippen molar-refractivity contribution >= 4 is 17.6 Å². The number of carbonyl (C=O) groups excluding carboxylic acids is 2. The first-order chi connectivity index (χ1) is 14.0. The Bertz CT molecular complexity index is 1020. The molecule has 2 aromatic rings. The lowest BCUT2D eigenvalue weighted by Crippen LogP contribution is -2.57. The lowest BCUT2D eigenvalue weighted by atomic mass is 9.64. The number of Topliss-reactive ketones (excluding diaryl/α,β-unsaturated/α-hetero) is 1. The van der Waals surface area contributed by atoms with E-state index < -0.39 is 0 Å². The molecule has 0 spiro atoms. The summed E-state index contributed by atoms with van der Waals surface area (Å²) in [4.78, 5) is 45.0. The Hall–Kier alpha value is -2.84. The number of nitrogens with zero attached hydrogens (tertiary/aromatic N) is 2. The Kier molecular flexibility index (Phi) is 4.33. The van der Waals surface area contributed by atoms with Gasteiger partial charge in [-0.15, -0.1) is 0 Å². The largest absolute Gasteiger partial charge is 0.299 e. The van der Waals surface area contributed by atoms with Crippen LogP contribution in [0.15, 0.2) is 41.2 Å². The van der Waals surface area contributed by atoms with Crippen LogP contribution in [0.25, 0.3) is 0 Å². The lowest BCUT2D eigenvalue weighted by molar-refractivity contribution is -0.133. The monoisotopic (exact) mass is 393 g/mol. The van der Waals surface area contributed by atoms with E-state index in [1.54, 1.807) is 6.92 Å². The highest BCUT2D eigenvalue weighted by Crippen LogP contribution is 2.45. The maximum Gasteiger partial charge on any atom is 0.252 e. The van der Waals surface area contributed by atoms with E-state index in [9.17, 15) is 14.4 Å². The first-order valence-electron chi connectivity index (χ1n) is 10.0. The number of rotatable bonds is 2. The highest BCUT2D eigenvalue weighted by atomic mass is 16.2. The summed E-state index contributed by atoms with van der Waals surface area (Å²) < 4.78 is 0. The number of amides is 1. The molecule has 3 aliphatic rings. The van der Waals surface area contributed by atoms with Gasteiger partial charge in [0.05, 0.1) is 12.1 Å². The van der Waals surface area contributed by atoms with E-state index in [0.717, 1.165) is 12.0 Å². The number of fused-ring (bicyclic) bond motifs is 3. The summed E-state index contributed by atoms with van der Waals surface area (Å²) in [6.07, 6.45) is 1.03. The third-order valence-corrected chi connectivity index (χ3v) is 6.43. The van der Waals surface area contributed by atoms with Gasteiger partial charge in [0, 0.05) is 30.6 Å². The number of anilines is 1. The molecule has 3 N–H and O–H groups in total. The van der Waals surface area contributed by atoms with Crippen LogP contribution in [0.2, 0.25) is 0 Å². The van der Waals surface area contributed by atoms with E-state index >= 15 is 0 Å². The molecule has 5 atom stereocenters. The molecule has 2 aliphatic heterocycles. The SMILES string of the molecule is Cc1cc(=O)[nH]c(N2NC3NCC4C(=O)CC(c5ccccc5)CC4C3C2=O)n1. The minimum Gasteiger partial charge on any atom is -0.299 e. The number of hydrogen-bond donors (Lipinski definition) is 3. The van der Waals surface area contributed by atoms with Gasteiger partial charge in [-0.1, -0.05) is 30.3 Å². The maximum absolute atomic E-state index is 13.3. The molecule has 1 amide bonds. The van der Waals surface area contributed by atoms with E-state index in [1.165, 1.54) is 11.1 Å². The first-order valence-corrected chi connectivity index (χ1v) is 10.0. The van der Waals surface area contributed by atoms with Gasteiger partial charge in [0.15, 0.2) is 0 Å². The first kappa shape index (κ1) is 18.2. The van der Waals surface area contributed by atoms with Crippen LogP contribution in [0.1, 0.15) is 30.0 Å². The summed E-state index contributed by atoms with van der Waals surface area (Å²) >= 11 is 0. The zero-order valence-electron chi connectivity index (χ0n) is 16.1. The van der Waals surface area contributed by atoms with Gasteiger partial charge in [-0.3, -0.25) is 24.7 Å². The Morgan fingerprint density at radius 2 is 1.93 bits per heavy atom. The topological polar surface area (TPSA) is 107 Å². The smallest absolute Gasteiger partial charge is 0.252 e. The molecular weight excluding hydrogens is 370 g/mol. The molecule has 1 saturated carbocycles. The Balaban J connectivity index is 1.45. The van der Waals surface area contributed by atoms with Gasteiger partial charge < -0.3 is 0 Å². The highest BCUT2D eigenvalue weighted by Gasteiger charge is 2.54. The second kappa shape index (κ2) is 6.89. The number of hydrogen-bond acceptors (Lipinski definition) is 6. The van der Waals surface area contributed by atoms with Crippen molar-refractivity contribution in [1.82, 2.24) is 20.7 Å². The summed E-state index contributed by atoms with van der Waals surface area (Å²) in [5.74, 6) is -0.213. The predicted molar refractivity (Wildman–Crippen MR) is 106 cm³/mol. The zero-order chi connectivity index (χ0) is 20.1. The van der Waals surface area contributed by atoms with Crippen molar-refractivity contribution in [2.24, 2.45) is 17.8 Å². The molecule has 2 saturated heterocycles. The van der Waals surface area contributed by atoms with Gasteiger partial charge in [-0.25, -0.2) is 15.4 Å². The number of aromatic amines is 1. The van der Waals surface area contributed by atoms with Gasteiger partial charge in [0.25, 0.3) is 5.56 Å². The van der Waals surface area contributed by atoms with Crippen molar-refractivity contribution < 1.29 is 9.59 Å². The van der Waals surface area contributed by atoms with Crippen molar-refractivity contribution in [2.75, 3.05) is 11.6 Å². The highest BCUT2D eigenvalue weighted by molar-refractivity contribution is 5.96. The third kappa shape index (κ3) is 3.08. The van der Waals surface area contributed by atoms with Crippen molar-refractivity contribution in [2.45, 2.75) is 31.8 Å². The van der Waals surface area contributed by atoms with Crippen LogP contribution in [0.5, 0.6) is 0 Å². The lowest BCUT2D eigenvalue weighted by Gasteiger charge is -2.43. The molecule has 1 aliphatic carbocycles. The predicted octanol–water partition coefficient (Wildman–Crippen LogP) is 0.854. The third-order valence-electron chi connectivity index (χ3n) is 6.43. The van der Waals surface area contributed by atoms with Gasteiger partial charge >= 0.3 is 0 Å². The van der Waals surface area contributed by atoms with E-state index in [0.29, 0.717) is 18.7 Å². The van der Waals surface area contributed by atoms with E-state index in [4.69, 9.17) is 0 Å². The standard InChI is InChI=1S/C21H23N5O3/c1-11-7-17(28)24-21(23-11)26-20(29)18-14-8-13(12-5-3-2-4-6-12)9-16(27)15(14)10-22-19(18)25-26/h2-7,13-15,18-19,22,25H,8-10H2,1H3,(H,23,24,28). The molecule has 5 unspecified atom stereocenters. The number of nitrogens with one attached hydrogen (secondary N) is 3. The number of hydrazine groups is 1. The second-order valence-corrected chi connectivity index (χ2v) is 8.21. The number of benzene rings is 1. The molecule has 3 heterocycles. The molecule has 8 nitrogen and oxygen atoms in total. The van der Waals surface area contributed by atoms with Gasteiger partial charge in [0.1, 0.15) is 5.78 Å². The van der Waals surface area contributed by atoms with Crippen molar-refractivity contribution in [3.05, 3.63) is 58.0 Å². The molecule has 150 valence electrons. The second-order valence-electron chi connectivity index (χ2n) is 8.21. The van der Waals surface area contributed by atoms with Gasteiger partial charge in [-0.2, -0.15) is 0 Å². The number of carbonyl (C=O) groups is 2. The van der Waals surface area contributed by atoms with Gasteiger partial charge in [0.2, 0.25) is 11.9 Å². The van der Waals surface area contributed by atoms with Crippen LogP contribution in [-0.2, 0) is 9.59 Å². The summed E-state index contributed by atoms with van der Waals surface area (Å²) in [6.45, 7) is 2.27. The molecule has 8 heteroatoms. The van der Waals surface area contributed by atoms with E-state index in [2.05, 4.69) is 32.8 Å². The van der Waals surface area contributed by atoms with E-state index in [1.807, 2.05) is 18.2 Å². The van der Waals surface area contributed by atoms with Crippen LogP contribution < -0.4 is 21.3 Å². The average molecular weight is 393 g/mol. The summed E-state index contributed by atoms with van der Waals surface area (Å²) in [5, 5.41) is 4.64. The summed E-state index contributed by atoms with van der Waals surface area (Å²) in [6, 6.07) is 11.4. The van der Waals surface area contributed by atoms with E-state index in [-0.39, 0.29) is 53.0 Å². The number of ketones is 1. The molecule has 29 heavy (non-hydrogen) atoms. The van der Waals surface area contributed by atoms with Crippen molar-refractivity contribution in [1.29, 1.82) is 0 Å². The fraction of sp³-hybridized carbons (Fsp3) is 0.429. The van der Waals surface area contributed by atoms with Crippen LogP contribution in [-0.4, -0.2) is 34.4 Å². The van der Waals surface area contributed by atoms with Crippen LogP contribution in [0.4, 0.5) is 5.95 Å². The molecule has 1 aromatic heterocycles. The van der Waals surface area contributed by atoms with Crippen LogP contribution in [0.3, 0.4) is 0 Å². The van der Waals surface area contributed by atoms with Crippen molar-refractivity contribution in [3.63, 3.8) is 0 Å². The fourth-order valence-corrected chi connectivity index (χ4v) is 5.12. The Morgan fingerprint density at radius 1 is 1.14 bits per heavy atom. The van der Waals surface area contributed by atoms with Gasteiger partial charge in [-0.05, 0) is 30.7 Å². The number of H-pyrrole nitrogens is 1. The number of piperidine rings is 1. The molecule has 3 fully saturated rings. The fourth-order valence-electron chi connectivity index (χ4n) is 5.12. The molecule has 0 bridgehead atoms. The van der Waals surface area contributed by atoms with Crippen LogP contribution in [0, 0.1) is 24.7 Å². The number of aromatic nitrogens is 2. The Labute approximate surface area is 167 Å². The zero-order valence-corrected chi connectivity index (χ0v) is 16.1. The minimum absolute atomic E-state index is 0.0470.